The van der Waals surface area contributed by atoms with Crippen LogP contribution in [-0.4, -0.2) is 39.8 Å². The third-order valence-electron chi connectivity index (χ3n) is 3.51. The highest BCUT2D eigenvalue weighted by Gasteiger charge is 2.26. The molecular formula is C14H23N3O3. The maximum Gasteiger partial charge on any atom is 0.341 e. The number of nitrogens with zero attached hydrogens (tertiary/aromatic N) is 2. The molecule has 6 heteroatoms. The first kappa shape index (κ1) is 16.4. The van der Waals surface area contributed by atoms with Gasteiger partial charge >= 0.3 is 5.97 Å². The van der Waals surface area contributed by atoms with E-state index in [4.69, 9.17) is 4.74 Å². The minimum absolute atomic E-state index is 0.00202. The number of anilines is 1. The van der Waals surface area contributed by atoms with Crippen LogP contribution in [0.4, 0.5) is 5.95 Å². The van der Waals surface area contributed by atoms with Crippen molar-refractivity contribution < 1.29 is 14.6 Å². The van der Waals surface area contributed by atoms with Crippen LogP contribution in [0.5, 0.6) is 0 Å². The number of carbonyl (C=O) groups excluding carboxylic acids is 1. The molecule has 0 saturated carbocycles. The van der Waals surface area contributed by atoms with Crippen LogP contribution in [0.25, 0.3) is 0 Å². The van der Waals surface area contributed by atoms with E-state index in [0.717, 1.165) is 12.8 Å². The molecule has 2 N–H and O–H groups in total. The molecular weight excluding hydrogens is 258 g/mol. The number of hydrogen-bond acceptors (Lipinski definition) is 6. The first-order valence-electron chi connectivity index (χ1n) is 6.91. The van der Waals surface area contributed by atoms with Crippen LogP contribution in [0.2, 0.25) is 0 Å². The molecule has 0 aliphatic heterocycles. The van der Waals surface area contributed by atoms with Crippen molar-refractivity contribution in [2.75, 3.05) is 18.5 Å². The molecule has 0 aliphatic carbocycles. The van der Waals surface area contributed by atoms with Gasteiger partial charge in [0.15, 0.2) is 0 Å². The second kappa shape index (κ2) is 7.19. The molecule has 1 rings (SSSR count). The smallest absolute Gasteiger partial charge is 0.341 e. The molecule has 0 radical (unpaired) electrons. The van der Waals surface area contributed by atoms with Gasteiger partial charge in [-0.1, -0.05) is 13.8 Å². The van der Waals surface area contributed by atoms with Gasteiger partial charge in [-0.2, -0.15) is 0 Å². The molecule has 0 atom stereocenters. The number of ether oxygens (including phenoxy) is 1. The van der Waals surface area contributed by atoms with E-state index in [1.807, 2.05) is 13.8 Å². The number of nitrogens with one attached hydrogen (secondary N) is 1. The van der Waals surface area contributed by atoms with Crippen molar-refractivity contribution in [1.29, 1.82) is 0 Å². The second-order valence-corrected chi connectivity index (χ2v) is 4.68. The Kier molecular flexibility index (Phi) is 5.88. The van der Waals surface area contributed by atoms with Crippen LogP contribution < -0.4 is 5.32 Å². The summed E-state index contributed by atoms with van der Waals surface area (Å²) in [5.41, 5.74) is 0.484. The molecule has 1 aromatic heterocycles. The van der Waals surface area contributed by atoms with E-state index in [-0.39, 0.29) is 6.61 Å². The summed E-state index contributed by atoms with van der Waals surface area (Å²) >= 11 is 0. The highest BCUT2D eigenvalue weighted by Crippen LogP contribution is 2.20. The summed E-state index contributed by atoms with van der Waals surface area (Å²) in [5.74, 6) is -0.00995. The summed E-state index contributed by atoms with van der Waals surface area (Å²) < 4.78 is 4.93. The Morgan fingerprint density at radius 2 is 2.05 bits per heavy atom. The highest BCUT2D eigenvalue weighted by molar-refractivity contribution is 5.90. The molecule has 0 bridgehead atoms. The van der Waals surface area contributed by atoms with E-state index >= 15 is 0 Å². The van der Waals surface area contributed by atoms with Gasteiger partial charge in [0.25, 0.3) is 0 Å². The maximum atomic E-state index is 11.7. The summed E-state index contributed by atoms with van der Waals surface area (Å²) in [7, 11) is 0. The number of rotatable bonds is 7. The monoisotopic (exact) mass is 281 g/mol. The number of aliphatic hydroxyl groups is 1. The number of aromatic nitrogens is 2. The number of carbonyl (C=O) groups is 1. The lowest BCUT2D eigenvalue weighted by atomic mass is 9.94. The van der Waals surface area contributed by atoms with Gasteiger partial charge in [-0.05, 0) is 26.7 Å². The topological polar surface area (TPSA) is 84.3 Å². The van der Waals surface area contributed by atoms with Gasteiger partial charge in [0.1, 0.15) is 0 Å². The van der Waals surface area contributed by atoms with Crippen LogP contribution in [0, 0.1) is 6.92 Å². The van der Waals surface area contributed by atoms with Crippen LogP contribution in [-0.2, 0) is 4.74 Å². The van der Waals surface area contributed by atoms with Gasteiger partial charge < -0.3 is 15.2 Å². The van der Waals surface area contributed by atoms with Crippen molar-refractivity contribution >= 4 is 11.9 Å². The molecule has 0 amide bonds. The largest absolute Gasteiger partial charge is 0.462 e. The zero-order chi connectivity index (χ0) is 15.2. The molecule has 112 valence electrons. The lowest BCUT2D eigenvalue weighted by molar-refractivity contribution is 0.0524. The van der Waals surface area contributed by atoms with Crippen molar-refractivity contribution in [1.82, 2.24) is 9.97 Å². The molecule has 0 spiro atoms. The molecule has 0 unspecified atom stereocenters. The number of aryl methyl sites for hydroxylation is 1. The van der Waals surface area contributed by atoms with Crippen molar-refractivity contribution in [3.05, 3.63) is 17.5 Å². The Morgan fingerprint density at radius 1 is 1.40 bits per heavy atom. The number of esters is 1. The maximum absolute atomic E-state index is 11.7. The van der Waals surface area contributed by atoms with Crippen LogP contribution in [0.15, 0.2) is 6.20 Å². The van der Waals surface area contributed by atoms with E-state index in [1.165, 1.54) is 6.20 Å². The zero-order valence-corrected chi connectivity index (χ0v) is 12.6. The fraction of sp³-hybridized carbons (Fsp3) is 0.643. The molecule has 1 heterocycles. The van der Waals surface area contributed by atoms with E-state index < -0.39 is 11.5 Å². The van der Waals surface area contributed by atoms with E-state index in [0.29, 0.717) is 23.8 Å². The normalized spacial score (nSPS) is 11.2. The van der Waals surface area contributed by atoms with Crippen molar-refractivity contribution in [3.8, 4) is 0 Å². The van der Waals surface area contributed by atoms with Gasteiger partial charge in [0, 0.05) is 6.20 Å². The van der Waals surface area contributed by atoms with Gasteiger partial charge in [-0.15, -0.1) is 0 Å². The van der Waals surface area contributed by atoms with Gasteiger partial charge in [-0.25, -0.2) is 14.8 Å². The Hall–Kier alpha value is -1.69. The average molecular weight is 281 g/mol. The van der Waals surface area contributed by atoms with Crippen molar-refractivity contribution in [3.63, 3.8) is 0 Å². The predicted molar refractivity (Wildman–Crippen MR) is 76.7 cm³/mol. The second-order valence-electron chi connectivity index (χ2n) is 4.68. The average Bonchev–Trinajstić information content (AvgIpc) is 2.45. The van der Waals surface area contributed by atoms with Crippen LogP contribution in [0.1, 0.15) is 49.7 Å². The lowest BCUT2D eigenvalue weighted by Gasteiger charge is -2.30. The fourth-order valence-corrected chi connectivity index (χ4v) is 1.86. The van der Waals surface area contributed by atoms with Crippen LogP contribution >= 0.6 is 0 Å². The third-order valence-corrected chi connectivity index (χ3v) is 3.51. The molecule has 0 saturated heterocycles. The summed E-state index contributed by atoms with van der Waals surface area (Å²) in [5, 5.41) is 12.7. The van der Waals surface area contributed by atoms with Gasteiger partial charge in [0.05, 0.1) is 30.0 Å². The molecule has 0 aliphatic rings. The Balaban J connectivity index is 2.95. The minimum Gasteiger partial charge on any atom is -0.462 e. The van der Waals surface area contributed by atoms with E-state index in [9.17, 15) is 9.90 Å². The summed E-state index contributed by atoms with van der Waals surface area (Å²) in [6.07, 6.45) is 2.96. The van der Waals surface area contributed by atoms with Crippen molar-refractivity contribution in [2.45, 2.75) is 46.1 Å². The standard InChI is InChI=1S/C14H23N3O3/c1-5-14(6-2,9-18)17-13-15-8-11(10(4)16-13)12(19)20-7-3/h8,18H,5-7,9H2,1-4H3,(H,15,16,17). The molecule has 6 nitrogen and oxygen atoms in total. The summed E-state index contributed by atoms with van der Waals surface area (Å²) in [4.78, 5) is 20.1. The highest BCUT2D eigenvalue weighted by atomic mass is 16.5. The van der Waals surface area contributed by atoms with E-state index in [1.54, 1.807) is 13.8 Å². The predicted octanol–water partition coefficient (Wildman–Crippen LogP) is 1.92. The fourth-order valence-electron chi connectivity index (χ4n) is 1.86. The molecule has 1 aromatic rings. The first-order chi connectivity index (χ1) is 9.51. The zero-order valence-electron chi connectivity index (χ0n) is 12.6. The molecule has 20 heavy (non-hydrogen) atoms. The van der Waals surface area contributed by atoms with Crippen LogP contribution in [0.3, 0.4) is 0 Å². The molecule has 0 fully saturated rings. The first-order valence-corrected chi connectivity index (χ1v) is 6.91. The quantitative estimate of drug-likeness (QED) is 0.743. The number of hydrogen-bond donors (Lipinski definition) is 2. The van der Waals surface area contributed by atoms with Gasteiger partial charge in [-0.3, -0.25) is 0 Å². The Morgan fingerprint density at radius 3 is 2.50 bits per heavy atom. The minimum atomic E-state index is -0.433. The van der Waals surface area contributed by atoms with Gasteiger partial charge in [0.2, 0.25) is 5.95 Å². The summed E-state index contributed by atoms with van der Waals surface area (Å²) in [6.45, 7) is 7.79. The number of aliphatic hydroxyl groups excluding tert-OH is 1. The third kappa shape index (κ3) is 3.66. The SMILES string of the molecule is CCOC(=O)c1cnc(NC(CC)(CC)CO)nc1C. The Bertz CT molecular complexity index is 451. The molecule has 0 aromatic carbocycles. The van der Waals surface area contributed by atoms with Crippen molar-refractivity contribution in [2.24, 2.45) is 0 Å². The Labute approximate surface area is 119 Å². The van der Waals surface area contributed by atoms with E-state index in [2.05, 4.69) is 15.3 Å². The summed E-state index contributed by atoms with van der Waals surface area (Å²) in [6, 6.07) is 0. The lowest BCUT2D eigenvalue weighted by Crippen LogP contribution is -2.41.